The highest BCUT2D eigenvalue weighted by Crippen LogP contribution is 2.17. The summed E-state index contributed by atoms with van der Waals surface area (Å²) >= 11 is 1.95. The summed E-state index contributed by atoms with van der Waals surface area (Å²) < 4.78 is 0. The summed E-state index contributed by atoms with van der Waals surface area (Å²) in [6.07, 6.45) is 5.32. The van der Waals surface area contributed by atoms with Crippen molar-refractivity contribution in [1.82, 2.24) is 5.43 Å². The number of hydrazine groups is 1. The van der Waals surface area contributed by atoms with Crippen LogP contribution in [-0.2, 0) is 4.79 Å². The molecule has 0 spiro atoms. The lowest BCUT2D eigenvalue weighted by Crippen LogP contribution is -2.30. The molecular weight excluding hydrogens is 196 g/mol. The summed E-state index contributed by atoms with van der Waals surface area (Å²) in [7, 11) is 0. The van der Waals surface area contributed by atoms with Crippen molar-refractivity contribution < 1.29 is 4.79 Å². The number of rotatable bonds is 8. The van der Waals surface area contributed by atoms with Gasteiger partial charge in [-0.1, -0.05) is 26.7 Å². The van der Waals surface area contributed by atoms with Crippen LogP contribution in [-0.4, -0.2) is 16.9 Å². The van der Waals surface area contributed by atoms with Crippen molar-refractivity contribution in [3.63, 3.8) is 0 Å². The van der Waals surface area contributed by atoms with E-state index in [0.717, 1.165) is 6.42 Å². The predicted octanol–water partition coefficient (Wildman–Crippen LogP) is 2.07. The molecule has 0 fully saturated rings. The summed E-state index contributed by atoms with van der Waals surface area (Å²) in [5.41, 5.74) is 2.15. The topological polar surface area (TPSA) is 55.1 Å². The molecule has 0 saturated heterocycles. The average molecular weight is 218 g/mol. The number of hydrogen-bond donors (Lipinski definition) is 2. The van der Waals surface area contributed by atoms with Gasteiger partial charge in [0.15, 0.2) is 0 Å². The Bertz CT molecular complexity index is 153. The number of nitrogens with one attached hydrogen (secondary N) is 1. The van der Waals surface area contributed by atoms with Gasteiger partial charge >= 0.3 is 0 Å². The van der Waals surface area contributed by atoms with Crippen LogP contribution in [0, 0.1) is 0 Å². The standard InChI is InChI=1S/C10H22N2OS/c1-3-4-5-8-14-9(2)6-7-10(13)12-11/h9H,3-8,11H2,1-2H3,(H,12,13). The lowest BCUT2D eigenvalue weighted by atomic mass is 10.2. The summed E-state index contributed by atoms with van der Waals surface area (Å²) in [4.78, 5) is 10.8. The van der Waals surface area contributed by atoms with E-state index in [0.29, 0.717) is 11.7 Å². The van der Waals surface area contributed by atoms with Crippen LogP contribution in [0.25, 0.3) is 0 Å². The Labute approximate surface area is 91.2 Å². The van der Waals surface area contributed by atoms with Crippen LogP contribution in [0.1, 0.15) is 46.0 Å². The molecule has 0 aromatic rings. The Balaban J connectivity index is 3.27. The molecule has 0 aliphatic heterocycles. The molecule has 0 aromatic heterocycles. The molecule has 0 aliphatic rings. The first-order valence-corrected chi connectivity index (χ1v) is 6.36. The molecule has 0 saturated carbocycles. The van der Waals surface area contributed by atoms with Gasteiger partial charge in [-0.25, -0.2) is 5.84 Å². The molecule has 0 bridgehead atoms. The molecule has 1 unspecified atom stereocenters. The smallest absolute Gasteiger partial charge is 0.233 e. The average Bonchev–Trinajstić information content (AvgIpc) is 2.21. The monoisotopic (exact) mass is 218 g/mol. The van der Waals surface area contributed by atoms with E-state index < -0.39 is 0 Å². The third kappa shape index (κ3) is 8.38. The van der Waals surface area contributed by atoms with Gasteiger partial charge in [-0.3, -0.25) is 10.2 Å². The molecule has 0 aliphatic carbocycles. The third-order valence-corrected chi connectivity index (χ3v) is 3.42. The van der Waals surface area contributed by atoms with Gasteiger partial charge in [0.05, 0.1) is 0 Å². The highest BCUT2D eigenvalue weighted by molar-refractivity contribution is 7.99. The largest absolute Gasteiger partial charge is 0.294 e. The van der Waals surface area contributed by atoms with Gasteiger partial charge in [-0.05, 0) is 18.6 Å². The summed E-state index contributed by atoms with van der Waals surface area (Å²) in [5, 5.41) is 0.559. The van der Waals surface area contributed by atoms with Crippen molar-refractivity contribution in [2.45, 2.75) is 51.2 Å². The molecule has 14 heavy (non-hydrogen) atoms. The number of amides is 1. The Morgan fingerprint density at radius 3 is 2.79 bits per heavy atom. The highest BCUT2D eigenvalue weighted by atomic mass is 32.2. The Kier molecular flexibility index (Phi) is 9.19. The van der Waals surface area contributed by atoms with Crippen molar-refractivity contribution >= 4 is 17.7 Å². The summed E-state index contributed by atoms with van der Waals surface area (Å²) in [6.45, 7) is 4.38. The van der Waals surface area contributed by atoms with Gasteiger partial charge in [-0.15, -0.1) is 0 Å². The van der Waals surface area contributed by atoms with E-state index in [1.165, 1.54) is 25.0 Å². The Morgan fingerprint density at radius 1 is 1.50 bits per heavy atom. The molecule has 1 amide bonds. The van der Waals surface area contributed by atoms with E-state index in [-0.39, 0.29) is 5.91 Å². The molecule has 84 valence electrons. The normalized spacial score (nSPS) is 12.5. The second-order valence-electron chi connectivity index (χ2n) is 3.49. The summed E-state index contributed by atoms with van der Waals surface area (Å²) in [6, 6.07) is 0. The van der Waals surface area contributed by atoms with E-state index in [9.17, 15) is 4.79 Å². The van der Waals surface area contributed by atoms with E-state index in [2.05, 4.69) is 19.3 Å². The van der Waals surface area contributed by atoms with Gasteiger partial charge in [0.25, 0.3) is 0 Å². The van der Waals surface area contributed by atoms with Gasteiger partial charge in [0.2, 0.25) is 5.91 Å². The van der Waals surface area contributed by atoms with Crippen molar-refractivity contribution in [2.75, 3.05) is 5.75 Å². The number of hydrogen-bond acceptors (Lipinski definition) is 3. The van der Waals surface area contributed by atoms with E-state index >= 15 is 0 Å². The minimum Gasteiger partial charge on any atom is -0.294 e. The molecule has 1 atom stereocenters. The molecule has 0 radical (unpaired) electrons. The number of carbonyl (C=O) groups excluding carboxylic acids is 1. The maximum absolute atomic E-state index is 10.8. The minimum atomic E-state index is -0.0639. The zero-order valence-electron chi connectivity index (χ0n) is 9.21. The first kappa shape index (κ1) is 13.8. The molecule has 4 heteroatoms. The maximum Gasteiger partial charge on any atom is 0.233 e. The fourth-order valence-corrected chi connectivity index (χ4v) is 2.18. The fraction of sp³-hybridized carbons (Fsp3) is 0.900. The molecule has 0 heterocycles. The number of unbranched alkanes of at least 4 members (excludes halogenated alkanes) is 2. The predicted molar refractivity (Wildman–Crippen MR) is 63.0 cm³/mol. The van der Waals surface area contributed by atoms with Crippen LogP contribution in [0.15, 0.2) is 0 Å². The van der Waals surface area contributed by atoms with E-state index in [1.807, 2.05) is 11.8 Å². The fourth-order valence-electron chi connectivity index (χ4n) is 1.13. The molecule has 3 N–H and O–H groups in total. The van der Waals surface area contributed by atoms with E-state index in [4.69, 9.17) is 5.84 Å². The molecule has 0 aromatic carbocycles. The molecule has 3 nitrogen and oxygen atoms in total. The first-order valence-electron chi connectivity index (χ1n) is 5.31. The van der Waals surface area contributed by atoms with Crippen LogP contribution in [0.2, 0.25) is 0 Å². The number of nitrogens with two attached hydrogens (primary N) is 1. The van der Waals surface area contributed by atoms with Crippen LogP contribution in [0.4, 0.5) is 0 Å². The Hall–Kier alpha value is -0.220. The van der Waals surface area contributed by atoms with Crippen LogP contribution < -0.4 is 11.3 Å². The Morgan fingerprint density at radius 2 is 2.21 bits per heavy atom. The highest BCUT2D eigenvalue weighted by Gasteiger charge is 2.05. The van der Waals surface area contributed by atoms with Gasteiger partial charge in [0.1, 0.15) is 0 Å². The molecular formula is C10H22N2OS. The SMILES string of the molecule is CCCCCSC(C)CCC(=O)NN. The second-order valence-corrected chi connectivity index (χ2v) is 5.04. The van der Waals surface area contributed by atoms with Crippen LogP contribution in [0.5, 0.6) is 0 Å². The maximum atomic E-state index is 10.8. The molecule has 0 rings (SSSR count). The number of thioether (sulfide) groups is 1. The lowest BCUT2D eigenvalue weighted by Gasteiger charge is -2.09. The lowest BCUT2D eigenvalue weighted by molar-refractivity contribution is -0.121. The zero-order chi connectivity index (χ0) is 10.8. The first-order chi connectivity index (χ1) is 6.70. The van der Waals surface area contributed by atoms with Crippen LogP contribution in [0.3, 0.4) is 0 Å². The number of carbonyl (C=O) groups is 1. The van der Waals surface area contributed by atoms with Crippen molar-refractivity contribution in [2.24, 2.45) is 5.84 Å². The minimum absolute atomic E-state index is 0.0639. The quantitative estimate of drug-likeness (QED) is 0.284. The third-order valence-electron chi connectivity index (χ3n) is 2.09. The van der Waals surface area contributed by atoms with Crippen molar-refractivity contribution in [3.05, 3.63) is 0 Å². The van der Waals surface area contributed by atoms with Crippen LogP contribution >= 0.6 is 11.8 Å². The summed E-state index contributed by atoms with van der Waals surface area (Å²) in [5.74, 6) is 6.14. The van der Waals surface area contributed by atoms with Crippen molar-refractivity contribution in [1.29, 1.82) is 0 Å². The van der Waals surface area contributed by atoms with Gasteiger partial charge in [0, 0.05) is 11.7 Å². The zero-order valence-corrected chi connectivity index (χ0v) is 10.0. The van der Waals surface area contributed by atoms with Gasteiger partial charge < -0.3 is 0 Å². The van der Waals surface area contributed by atoms with Crippen molar-refractivity contribution in [3.8, 4) is 0 Å². The van der Waals surface area contributed by atoms with Gasteiger partial charge in [-0.2, -0.15) is 11.8 Å². The second kappa shape index (κ2) is 9.34. The van der Waals surface area contributed by atoms with E-state index in [1.54, 1.807) is 0 Å².